The second-order valence-corrected chi connectivity index (χ2v) is 7.04. The van der Waals surface area contributed by atoms with Crippen LogP contribution < -0.4 is 0 Å². The lowest BCUT2D eigenvalue weighted by molar-refractivity contribution is -0.148. The summed E-state index contributed by atoms with van der Waals surface area (Å²) in [5.74, 6) is 0.477. The maximum absolute atomic E-state index is 12.3. The Morgan fingerprint density at radius 2 is 1.96 bits per heavy atom. The predicted octanol–water partition coefficient (Wildman–Crippen LogP) is 4.39. The molecular formula is C19H27N3O2. The molecule has 0 spiro atoms. The fourth-order valence-electron chi connectivity index (χ4n) is 4.10. The number of hydrogen-bond donors (Lipinski definition) is 1. The molecule has 130 valence electrons. The van der Waals surface area contributed by atoms with Crippen molar-refractivity contribution in [3.8, 4) is 0 Å². The highest BCUT2D eigenvalue weighted by Crippen LogP contribution is 2.39. The molecule has 0 aliphatic heterocycles. The van der Waals surface area contributed by atoms with E-state index in [0.29, 0.717) is 24.4 Å². The number of hydrogen-bond acceptors (Lipinski definition) is 3. The van der Waals surface area contributed by atoms with E-state index in [1.54, 1.807) is 0 Å². The van der Waals surface area contributed by atoms with Crippen molar-refractivity contribution in [1.82, 2.24) is 14.5 Å². The number of rotatable bonds is 5. The van der Waals surface area contributed by atoms with Crippen LogP contribution in [0.4, 0.5) is 0 Å². The molecule has 1 N–H and O–H groups in total. The fraction of sp³-hybridized carbons (Fsp3) is 0.632. The van der Waals surface area contributed by atoms with Crippen molar-refractivity contribution in [2.75, 3.05) is 0 Å². The third kappa shape index (κ3) is 2.60. The van der Waals surface area contributed by atoms with Gasteiger partial charge in [-0.2, -0.15) is 0 Å². The van der Waals surface area contributed by atoms with Crippen molar-refractivity contribution in [3.63, 3.8) is 0 Å². The summed E-state index contributed by atoms with van der Waals surface area (Å²) in [6, 6.07) is 2.02. The molecule has 2 heterocycles. The van der Waals surface area contributed by atoms with Crippen LogP contribution in [0.2, 0.25) is 0 Å². The first kappa shape index (κ1) is 16.9. The van der Waals surface area contributed by atoms with E-state index in [1.807, 2.05) is 37.6 Å². The van der Waals surface area contributed by atoms with Gasteiger partial charge >= 0.3 is 5.97 Å². The molecule has 2 aromatic rings. The molecule has 0 aromatic carbocycles. The lowest BCUT2D eigenvalue weighted by Crippen LogP contribution is -2.42. The van der Waals surface area contributed by atoms with Crippen LogP contribution in [0.25, 0.3) is 11.2 Å². The van der Waals surface area contributed by atoms with E-state index in [9.17, 15) is 9.90 Å². The number of aryl methyl sites for hydroxylation is 1. The standard InChI is InChI=1S/C19H27N3O2/c1-4-19(5-2,18(23)24)22-16(14-9-7-6-8-10-14)21-15-11-13(3)12-20-17(15)22/h11-12,14H,4-10H2,1-3H3,(H,23,24). The summed E-state index contributed by atoms with van der Waals surface area (Å²) in [6.07, 6.45) is 8.69. The second kappa shape index (κ2) is 6.54. The Morgan fingerprint density at radius 3 is 2.54 bits per heavy atom. The number of carbonyl (C=O) groups is 1. The average molecular weight is 329 g/mol. The summed E-state index contributed by atoms with van der Waals surface area (Å²) in [7, 11) is 0. The minimum Gasteiger partial charge on any atom is -0.479 e. The molecule has 5 nitrogen and oxygen atoms in total. The van der Waals surface area contributed by atoms with Gasteiger partial charge in [0, 0.05) is 12.1 Å². The maximum Gasteiger partial charge on any atom is 0.329 e. The zero-order valence-electron chi connectivity index (χ0n) is 14.9. The third-order valence-electron chi connectivity index (χ3n) is 5.63. The summed E-state index contributed by atoms with van der Waals surface area (Å²) in [6.45, 7) is 5.89. The van der Waals surface area contributed by atoms with Gasteiger partial charge in [0.2, 0.25) is 0 Å². The summed E-state index contributed by atoms with van der Waals surface area (Å²) in [5.41, 5.74) is 1.62. The molecule has 1 saturated carbocycles. The van der Waals surface area contributed by atoms with Gasteiger partial charge in [-0.1, -0.05) is 33.1 Å². The zero-order valence-corrected chi connectivity index (χ0v) is 14.9. The largest absolute Gasteiger partial charge is 0.479 e. The number of carboxylic acids is 1. The quantitative estimate of drug-likeness (QED) is 0.883. The molecule has 3 rings (SSSR count). The van der Waals surface area contributed by atoms with Crippen LogP contribution in [0.3, 0.4) is 0 Å². The van der Waals surface area contributed by atoms with Crippen molar-refractivity contribution in [2.45, 2.75) is 77.2 Å². The van der Waals surface area contributed by atoms with Crippen LogP contribution >= 0.6 is 0 Å². The number of imidazole rings is 1. The van der Waals surface area contributed by atoms with E-state index < -0.39 is 11.5 Å². The highest BCUT2D eigenvalue weighted by Gasteiger charge is 2.41. The molecule has 1 fully saturated rings. The van der Waals surface area contributed by atoms with Gasteiger partial charge in [0.05, 0.1) is 0 Å². The van der Waals surface area contributed by atoms with E-state index in [0.717, 1.165) is 29.7 Å². The molecule has 0 amide bonds. The Morgan fingerprint density at radius 1 is 1.29 bits per heavy atom. The topological polar surface area (TPSA) is 68.0 Å². The van der Waals surface area contributed by atoms with Gasteiger partial charge in [-0.15, -0.1) is 0 Å². The Bertz CT molecular complexity index is 740. The van der Waals surface area contributed by atoms with Crippen molar-refractivity contribution >= 4 is 17.1 Å². The number of aromatic nitrogens is 3. The third-order valence-corrected chi connectivity index (χ3v) is 5.63. The van der Waals surface area contributed by atoms with Crippen LogP contribution in [-0.2, 0) is 10.3 Å². The van der Waals surface area contributed by atoms with E-state index in [-0.39, 0.29) is 0 Å². The van der Waals surface area contributed by atoms with Crippen molar-refractivity contribution in [3.05, 3.63) is 23.7 Å². The first-order chi connectivity index (χ1) is 11.5. The molecule has 0 unspecified atom stereocenters. The number of pyridine rings is 1. The molecule has 0 atom stereocenters. The van der Waals surface area contributed by atoms with Crippen molar-refractivity contribution < 1.29 is 9.90 Å². The molecular weight excluding hydrogens is 302 g/mol. The Balaban J connectivity index is 2.28. The van der Waals surface area contributed by atoms with E-state index in [4.69, 9.17) is 4.98 Å². The van der Waals surface area contributed by atoms with E-state index in [2.05, 4.69) is 4.98 Å². The van der Waals surface area contributed by atoms with Crippen LogP contribution in [0.5, 0.6) is 0 Å². The van der Waals surface area contributed by atoms with Gasteiger partial charge in [-0.3, -0.25) is 4.57 Å². The number of fused-ring (bicyclic) bond motifs is 1. The second-order valence-electron chi connectivity index (χ2n) is 7.04. The first-order valence-electron chi connectivity index (χ1n) is 9.12. The van der Waals surface area contributed by atoms with Gasteiger partial charge < -0.3 is 5.11 Å². The Hall–Kier alpha value is -1.91. The van der Waals surface area contributed by atoms with Crippen LogP contribution in [-0.4, -0.2) is 25.6 Å². The number of nitrogens with zero attached hydrogens (tertiary/aromatic N) is 3. The van der Waals surface area contributed by atoms with Crippen LogP contribution in [0.15, 0.2) is 12.3 Å². The van der Waals surface area contributed by atoms with E-state index >= 15 is 0 Å². The smallest absolute Gasteiger partial charge is 0.329 e. The molecule has 1 aliphatic rings. The lowest BCUT2D eigenvalue weighted by atomic mass is 9.86. The van der Waals surface area contributed by atoms with Crippen molar-refractivity contribution in [1.29, 1.82) is 0 Å². The maximum atomic E-state index is 12.3. The summed E-state index contributed by atoms with van der Waals surface area (Å²) in [4.78, 5) is 21.7. The van der Waals surface area contributed by atoms with Crippen molar-refractivity contribution in [2.24, 2.45) is 0 Å². The molecule has 5 heteroatoms. The van der Waals surface area contributed by atoms with Crippen LogP contribution in [0.1, 0.15) is 76.1 Å². The summed E-state index contributed by atoms with van der Waals surface area (Å²) >= 11 is 0. The van der Waals surface area contributed by atoms with Crippen LogP contribution in [0, 0.1) is 6.92 Å². The monoisotopic (exact) mass is 329 g/mol. The van der Waals surface area contributed by atoms with Gasteiger partial charge in [0.25, 0.3) is 0 Å². The highest BCUT2D eigenvalue weighted by atomic mass is 16.4. The Kier molecular flexibility index (Phi) is 4.61. The summed E-state index contributed by atoms with van der Waals surface area (Å²) in [5, 5.41) is 10.1. The molecule has 0 saturated heterocycles. The first-order valence-corrected chi connectivity index (χ1v) is 9.12. The molecule has 0 radical (unpaired) electrons. The van der Waals surface area contributed by atoms with Gasteiger partial charge in [-0.05, 0) is 44.2 Å². The van der Waals surface area contributed by atoms with Gasteiger partial charge in [-0.25, -0.2) is 14.8 Å². The fourth-order valence-corrected chi connectivity index (χ4v) is 4.10. The Labute approximate surface area is 143 Å². The molecule has 0 bridgehead atoms. The normalized spacial score (nSPS) is 16.6. The minimum atomic E-state index is -0.968. The number of aliphatic carboxylic acids is 1. The molecule has 1 aliphatic carbocycles. The predicted molar refractivity (Wildman–Crippen MR) is 94.3 cm³/mol. The minimum absolute atomic E-state index is 0.338. The highest BCUT2D eigenvalue weighted by molar-refractivity contribution is 5.81. The lowest BCUT2D eigenvalue weighted by Gasteiger charge is -2.33. The van der Waals surface area contributed by atoms with Gasteiger partial charge in [0.1, 0.15) is 16.9 Å². The molecule has 2 aromatic heterocycles. The molecule has 24 heavy (non-hydrogen) atoms. The number of carboxylic acid groups (broad SMARTS) is 1. The zero-order chi connectivity index (χ0) is 17.3. The van der Waals surface area contributed by atoms with E-state index in [1.165, 1.54) is 19.3 Å². The van der Waals surface area contributed by atoms with Gasteiger partial charge in [0.15, 0.2) is 5.65 Å². The SMILES string of the molecule is CCC(CC)(C(=O)O)n1c(C2CCCCC2)nc2cc(C)cnc21. The average Bonchev–Trinajstić information content (AvgIpc) is 2.96. The summed E-state index contributed by atoms with van der Waals surface area (Å²) < 4.78 is 1.96.